The fourth-order valence-corrected chi connectivity index (χ4v) is 4.15. The summed E-state index contributed by atoms with van der Waals surface area (Å²) >= 11 is 0. The Morgan fingerprint density at radius 2 is 1.70 bits per heavy atom. The lowest BCUT2D eigenvalue weighted by molar-refractivity contribution is 0.178. The zero-order valence-corrected chi connectivity index (χ0v) is 18.5. The second-order valence-electron chi connectivity index (χ2n) is 7.48. The monoisotopic (exact) mass is 411 g/mol. The first kappa shape index (κ1) is 22.0. The van der Waals surface area contributed by atoms with E-state index in [9.17, 15) is 4.79 Å². The maximum absolute atomic E-state index is 13.0. The molecule has 1 aliphatic rings. The number of carbonyl (C=O) groups excluding carboxylic acids is 1. The fourth-order valence-electron chi connectivity index (χ4n) is 4.15. The average molecular weight is 412 g/mol. The highest BCUT2D eigenvalue weighted by molar-refractivity contribution is 5.74. The Labute approximate surface area is 179 Å². The van der Waals surface area contributed by atoms with E-state index in [1.54, 1.807) is 14.2 Å². The van der Waals surface area contributed by atoms with Crippen LogP contribution in [0, 0.1) is 0 Å². The van der Waals surface area contributed by atoms with Gasteiger partial charge in [-0.15, -0.1) is 0 Å². The molecule has 1 aliphatic heterocycles. The lowest BCUT2D eigenvalue weighted by Crippen LogP contribution is -2.46. The van der Waals surface area contributed by atoms with Crippen molar-refractivity contribution in [1.29, 1.82) is 0 Å². The first-order valence-electron chi connectivity index (χ1n) is 10.7. The zero-order chi connectivity index (χ0) is 21.5. The molecule has 2 aromatic carbocycles. The van der Waals surface area contributed by atoms with Gasteiger partial charge in [0.1, 0.15) is 0 Å². The summed E-state index contributed by atoms with van der Waals surface area (Å²) in [5.41, 5.74) is 3.54. The van der Waals surface area contributed by atoms with Crippen LogP contribution in [0.2, 0.25) is 0 Å². The van der Waals surface area contributed by atoms with E-state index in [-0.39, 0.29) is 12.1 Å². The summed E-state index contributed by atoms with van der Waals surface area (Å²) in [6.45, 7) is 8.03. The average Bonchev–Trinajstić information content (AvgIpc) is 2.80. The van der Waals surface area contributed by atoms with E-state index < -0.39 is 0 Å². The topological polar surface area (TPSA) is 54.0 Å². The largest absolute Gasteiger partial charge is 0.493 e. The normalized spacial score (nSPS) is 14.2. The Morgan fingerprint density at radius 3 is 2.30 bits per heavy atom. The molecule has 6 nitrogen and oxygen atoms in total. The zero-order valence-electron chi connectivity index (χ0n) is 18.5. The third-order valence-corrected chi connectivity index (χ3v) is 5.89. The summed E-state index contributed by atoms with van der Waals surface area (Å²) in [7, 11) is 3.28. The summed E-state index contributed by atoms with van der Waals surface area (Å²) in [5, 5.41) is 3.17. The molecular formula is C24H33N3O3. The van der Waals surface area contributed by atoms with Crippen molar-refractivity contribution in [3.05, 3.63) is 59.2 Å². The van der Waals surface area contributed by atoms with Gasteiger partial charge < -0.3 is 19.7 Å². The highest BCUT2D eigenvalue weighted by Crippen LogP contribution is 2.33. The van der Waals surface area contributed by atoms with Crippen LogP contribution < -0.4 is 14.8 Å². The van der Waals surface area contributed by atoms with E-state index in [0.717, 1.165) is 30.8 Å². The molecule has 0 aromatic heterocycles. The summed E-state index contributed by atoms with van der Waals surface area (Å²) in [6, 6.07) is 14.5. The molecule has 0 bridgehead atoms. The van der Waals surface area contributed by atoms with Gasteiger partial charge in [-0.2, -0.15) is 0 Å². The standard InChI is InChI=1S/C24H33N3O3/c1-5-26(6-2)21(18-10-8-7-9-11-18)16-25-24(28)27-13-12-19-14-22(29-3)23(30-4)15-20(19)17-27/h7-11,14-15,21H,5-6,12-13,16-17H2,1-4H3,(H,25,28)/t21-/m0/s1. The number of urea groups is 1. The molecule has 0 saturated carbocycles. The van der Waals surface area contributed by atoms with E-state index in [1.807, 2.05) is 23.1 Å². The minimum Gasteiger partial charge on any atom is -0.493 e. The minimum atomic E-state index is -0.0245. The number of nitrogens with zero attached hydrogens (tertiary/aromatic N) is 2. The molecule has 3 rings (SSSR count). The molecule has 2 amide bonds. The first-order valence-corrected chi connectivity index (χ1v) is 10.7. The van der Waals surface area contributed by atoms with Gasteiger partial charge in [0.25, 0.3) is 0 Å². The number of rotatable bonds is 8. The number of methoxy groups -OCH3 is 2. The maximum Gasteiger partial charge on any atom is 0.317 e. The van der Waals surface area contributed by atoms with Crippen molar-refractivity contribution in [1.82, 2.24) is 15.1 Å². The lowest BCUT2D eigenvalue weighted by Gasteiger charge is -2.33. The van der Waals surface area contributed by atoms with Gasteiger partial charge in [0, 0.05) is 19.6 Å². The first-order chi connectivity index (χ1) is 14.6. The highest BCUT2D eigenvalue weighted by atomic mass is 16.5. The number of carbonyl (C=O) groups is 1. The summed E-state index contributed by atoms with van der Waals surface area (Å²) in [5.74, 6) is 1.43. The fraction of sp³-hybridized carbons (Fsp3) is 0.458. The predicted octanol–water partition coefficient (Wildman–Crippen LogP) is 3.85. The third-order valence-electron chi connectivity index (χ3n) is 5.89. The maximum atomic E-state index is 13.0. The third kappa shape index (κ3) is 4.87. The highest BCUT2D eigenvalue weighted by Gasteiger charge is 2.24. The lowest BCUT2D eigenvalue weighted by atomic mass is 9.99. The van der Waals surface area contributed by atoms with E-state index in [1.165, 1.54) is 11.1 Å². The van der Waals surface area contributed by atoms with Crippen molar-refractivity contribution in [2.24, 2.45) is 0 Å². The molecule has 0 radical (unpaired) electrons. The van der Waals surface area contributed by atoms with Crippen LogP contribution in [0.3, 0.4) is 0 Å². The molecular weight excluding hydrogens is 378 g/mol. The van der Waals surface area contributed by atoms with Crippen LogP contribution in [-0.4, -0.2) is 56.2 Å². The van der Waals surface area contributed by atoms with Gasteiger partial charge in [0.15, 0.2) is 11.5 Å². The van der Waals surface area contributed by atoms with Crippen LogP contribution in [-0.2, 0) is 13.0 Å². The molecule has 0 aliphatic carbocycles. The van der Waals surface area contributed by atoms with Gasteiger partial charge in [0.2, 0.25) is 0 Å². The molecule has 6 heteroatoms. The van der Waals surface area contributed by atoms with Gasteiger partial charge in [-0.05, 0) is 48.3 Å². The van der Waals surface area contributed by atoms with Crippen molar-refractivity contribution in [2.45, 2.75) is 32.9 Å². The van der Waals surface area contributed by atoms with Crippen molar-refractivity contribution < 1.29 is 14.3 Å². The molecule has 1 heterocycles. The Bertz CT molecular complexity index is 837. The SMILES string of the molecule is CCN(CC)[C@@H](CNC(=O)N1CCc2cc(OC)c(OC)cc2C1)c1ccccc1. The van der Waals surface area contributed by atoms with Crippen molar-refractivity contribution in [2.75, 3.05) is 40.4 Å². The molecule has 0 saturated heterocycles. The predicted molar refractivity (Wildman–Crippen MR) is 119 cm³/mol. The smallest absolute Gasteiger partial charge is 0.317 e. The minimum absolute atomic E-state index is 0.0245. The molecule has 0 spiro atoms. The quantitative estimate of drug-likeness (QED) is 0.717. The number of nitrogens with one attached hydrogen (secondary N) is 1. The van der Waals surface area contributed by atoms with E-state index in [2.05, 4.69) is 48.3 Å². The molecule has 1 atom stereocenters. The molecule has 30 heavy (non-hydrogen) atoms. The van der Waals surface area contributed by atoms with Crippen LogP contribution in [0.5, 0.6) is 11.5 Å². The van der Waals surface area contributed by atoms with E-state index in [0.29, 0.717) is 25.4 Å². The number of fused-ring (bicyclic) bond motifs is 1. The van der Waals surface area contributed by atoms with Gasteiger partial charge in [-0.1, -0.05) is 44.2 Å². The Hall–Kier alpha value is -2.73. The Balaban J connectivity index is 1.68. The van der Waals surface area contributed by atoms with Gasteiger partial charge in [-0.3, -0.25) is 4.90 Å². The number of benzene rings is 2. The van der Waals surface area contributed by atoms with Crippen molar-refractivity contribution in [3.63, 3.8) is 0 Å². The molecule has 1 N–H and O–H groups in total. The number of amides is 2. The molecule has 2 aromatic rings. The van der Waals surface area contributed by atoms with Crippen molar-refractivity contribution >= 4 is 6.03 Å². The van der Waals surface area contributed by atoms with E-state index >= 15 is 0 Å². The summed E-state index contributed by atoms with van der Waals surface area (Å²) < 4.78 is 10.8. The molecule has 0 unspecified atom stereocenters. The van der Waals surface area contributed by atoms with Crippen molar-refractivity contribution in [3.8, 4) is 11.5 Å². The van der Waals surface area contributed by atoms with Crippen LogP contribution >= 0.6 is 0 Å². The summed E-state index contributed by atoms with van der Waals surface area (Å²) in [6.07, 6.45) is 0.807. The van der Waals surface area contributed by atoms with E-state index in [4.69, 9.17) is 9.47 Å². The second kappa shape index (κ2) is 10.3. The Kier molecular flexibility index (Phi) is 7.57. The Morgan fingerprint density at radius 1 is 1.07 bits per heavy atom. The van der Waals surface area contributed by atoms with Gasteiger partial charge in [0.05, 0.1) is 20.3 Å². The number of hydrogen-bond acceptors (Lipinski definition) is 4. The van der Waals surface area contributed by atoms with Crippen LogP contribution in [0.25, 0.3) is 0 Å². The number of ether oxygens (including phenoxy) is 2. The molecule has 0 fully saturated rings. The number of likely N-dealkylation sites (N-methyl/N-ethyl adjacent to an activating group) is 1. The van der Waals surface area contributed by atoms with Gasteiger partial charge >= 0.3 is 6.03 Å². The van der Waals surface area contributed by atoms with Crippen LogP contribution in [0.1, 0.15) is 36.6 Å². The summed E-state index contributed by atoms with van der Waals surface area (Å²) in [4.78, 5) is 17.2. The number of hydrogen-bond donors (Lipinski definition) is 1. The van der Waals surface area contributed by atoms with Gasteiger partial charge in [-0.25, -0.2) is 4.79 Å². The van der Waals surface area contributed by atoms with Crippen LogP contribution in [0.15, 0.2) is 42.5 Å². The second-order valence-corrected chi connectivity index (χ2v) is 7.48. The van der Waals surface area contributed by atoms with Crippen LogP contribution in [0.4, 0.5) is 4.79 Å². The molecule has 162 valence electrons.